The van der Waals surface area contributed by atoms with E-state index in [-0.39, 0.29) is 0 Å². The zero-order valence-electron chi connectivity index (χ0n) is 21.1. The van der Waals surface area contributed by atoms with Crippen LogP contribution in [-0.2, 0) is 0 Å². The van der Waals surface area contributed by atoms with Gasteiger partial charge in [0.25, 0.3) is 0 Å². The Hall–Kier alpha value is -3.92. The number of fused-ring (bicyclic) bond motifs is 1. The predicted octanol–water partition coefficient (Wildman–Crippen LogP) is 6.94. The van der Waals surface area contributed by atoms with Gasteiger partial charge in [-0.2, -0.15) is 0 Å². The second kappa shape index (κ2) is 11.5. The average Bonchev–Trinajstić information content (AvgIpc) is 2.87. The zero-order valence-corrected chi connectivity index (χ0v) is 21.1. The summed E-state index contributed by atoms with van der Waals surface area (Å²) in [7, 11) is 0. The lowest BCUT2D eigenvalue weighted by molar-refractivity contribution is 0.678. The zero-order chi connectivity index (χ0) is 24.6. The van der Waals surface area contributed by atoms with Crippen LogP contribution in [0.3, 0.4) is 0 Å². The van der Waals surface area contributed by atoms with Gasteiger partial charge in [0.15, 0.2) is 0 Å². The third-order valence-corrected chi connectivity index (χ3v) is 6.08. The molecule has 1 aliphatic heterocycles. The molecule has 35 heavy (non-hydrogen) atoms. The molecule has 0 radical (unpaired) electrons. The molecule has 0 fully saturated rings. The fraction of sp³-hybridized carbons (Fsp3) is 0.226. The summed E-state index contributed by atoms with van der Waals surface area (Å²) in [6, 6.07) is 25.0. The highest BCUT2D eigenvalue weighted by Crippen LogP contribution is 2.33. The highest BCUT2D eigenvalue weighted by atomic mass is 14.9. The minimum atomic E-state index is 0.860. The number of aryl methyl sites for hydroxylation is 2. The number of hydrogen-bond donors (Lipinski definition) is 2. The summed E-state index contributed by atoms with van der Waals surface area (Å²) in [6.45, 7) is 10.2. The molecule has 0 unspecified atom stereocenters. The molecule has 1 heterocycles. The van der Waals surface area contributed by atoms with Gasteiger partial charge in [-0.3, -0.25) is 0 Å². The maximum atomic E-state index is 5.18. The Bertz CT molecular complexity index is 1180. The van der Waals surface area contributed by atoms with Crippen LogP contribution in [0.25, 0.3) is 0 Å². The van der Waals surface area contributed by atoms with Crippen LogP contribution in [0.5, 0.6) is 0 Å². The van der Waals surface area contributed by atoms with Gasteiger partial charge in [0.2, 0.25) is 0 Å². The number of nitrogens with one attached hydrogen (secondary N) is 2. The van der Waals surface area contributed by atoms with Gasteiger partial charge in [-0.1, -0.05) is 60.7 Å². The van der Waals surface area contributed by atoms with E-state index in [1.165, 1.54) is 11.1 Å². The maximum Gasteiger partial charge on any atom is 0.0896 e. The summed E-state index contributed by atoms with van der Waals surface area (Å²) in [5.74, 6) is 0. The first-order valence-corrected chi connectivity index (χ1v) is 12.2. The molecule has 0 atom stereocenters. The molecule has 1 aliphatic rings. The van der Waals surface area contributed by atoms with Crippen molar-refractivity contribution in [3.05, 3.63) is 119 Å². The van der Waals surface area contributed by atoms with Crippen molar-refractivity contribution >= 4 is 22.8 Å². The Kier molecular flexibility index (Phi) is 7.94. The van der Waals surface area contributed by atoms with Crippen molar-refractivity contribution in [3.63, 3.8) is 0 Å². The van der Waals surface area contributed by atoms with Gasteiger partial charge in [0, 0.05) is 35.6 Å². The van der Waals surface area contributed by atoms with Crippen LogP contribution in [0.1, 0.15) is 42.5 Å². The lowest BCUT2D eigenvalue weighted by atomic mass is 10.1. The lowest BCUT2D eigenvalue weighted by Gasteiger charge is -2.11. The van der Waals surface area contributed by atoms with Crippen molar-refractivity contribution < 1.29 is 0 Å². The van der Waals surface area contributed by atoms with Gasteiger partial charge in [-0.15, -0.1) is 0 Å². The van der Waals surface area contributed by atoms with Crippen LogP contribution in [-0.4, -0.2) is 24.5 Å². The van der Waals surface area contributed by atoms with E-state index in [2.05, 4.69) is 111 Å². The quantitative estimate of drug-likeness (QED) is 0.433. The minimum Gasteiger partial charge on any atom is -0.388 e. The summed E-state index contributed by atoms with van der Waals surface area (Å²) in [5.41, 5.74) is 10.3. The first-order valence-electron chi connectivity index (χ1n) is 12.2. The van der Waals surface area contributed by atoms with Gasteiger partial charge in [-0.05, 0) is 69.5 Å². The van der Waals surface area contributed by atoms with E-state index in [1.54, 1.807) is 0 Å². The van der Waals surface area contributed by atoms with E-state index in [9.17, 15) is 0 Å². The molecule has 0 saturated carbocycles. The third kappa shape index (κ3) is 6.57. The van der Waals surface area contributed by atoms with Crippen LogP contribution in [0.15, 0.2) is 106 Å². The monoisotopic (exact) mass is 462 g/mol. The standard InChI is InChI=1S/C31H34N4/c1-22-18-30-31(19-23(22)2)35-29(27-14-9-6-10-15-27)21-25(4)33-17-11-16-32-24(3)20-28(34-30)26-12-7-5-8-13-26/h5-10,12-15,18-21,32-33H,11,16-17H2,1-4H3. The highest BCUT2D eigenvalue weighted by molar-refractivity contribution is 6.12. The average molecular weight is 463 g/mol. The van der Waals surface area contributed by atoms with E-state index >= 15 is 0 Å². The Morgan fingerprint density at radius 1 is 0.571 bits per heavy atom. The van der Waals surface area contributed by atoms with Crippen LogP contribution in [0.4, 0.5) is 11.4 Å². The van der Waals surface area contributed by atoms with Crippen molar-refractivity contribution in [3.8, 4) is 0 Å². The third-order valence-electron chi connectivity index (χ3n) is 6.08. The molecular formula is C31H34N4. The fourth-order valence-electron chi connectivity index (χ4n) is 3.97. The Morgan fingerprint density at radius 2 is 0.971 bits per heavy atom. The number of hydrogen-bond acceptors (Lipinski definition) is 4. The molecule has 3 aromatic carbocycles. The topological polar surface area (TPSA) is 48.8 Å². The molecule has 0 saturated heterocycles. The maximum absolute atomic E-state index is 5.18. The summed E-state index contributed by atoms with van der Waals surface area (Å²) in [6.07, 6.45) is 5.27. The smallest absolute Gasteiger partial charge is 0.0896 e. The van der Waals surface area contributed by atoms with E-state index in [4.69, 9.17) is 9.98 Å². The number of aliphatic imine (C=N–C) groups is 2. The van der Waals surface area contributed by atoms with Crippen LogP contribution < -0.4 is 10.6 Å². The SMILES string of the molecule is CC1=CC(c2ccccc2)=Nc2cc(C)c(C)cc2N=C(c2ccccc2)C=C(C)NCCCN1. The van der Waals surface area contributed by atoms with Crippen LogP contribution >= 0.6 is 0 Å². The fourth-order valence-corrected chi connectivity index (χ4v) is 3.97. The molecule has 0 aromatic heterocycles. The van der Waals surface area contributed by atoms with Crippen LogP contribution in [0, 0.1) is 13.8 Å². The number of nitrogens with zero attached hydrogens (tertiary/aromatic N) is 2. The Morgan fingerprint density at radius 3 is 1.37 bits per heavy atom. The first kappa shape index (κ1) is 24.2. The van der Waals surface area contributed by atoms with E-state index < -0.39 is 0 Å². The van der Waals surface area contributed by atoms with Crippen molar-refractivity contribution in [1.29, 1.82) is 0 Å². The molecule has 4 rings (SSSR count). The largest absolute Gasteiger partial charge is 0.388 e. The number of allylic oxidation sites excluding steroid dienone is 4. The first-order chi connectivity index (χ1) is 17.0. The molecule has 4 heteroatoms. The second-order valence-electron chi connectivity index (χ2n) is 9.01. The molecule has 3 aromatic rings. The highest BCUT2D eigenvalue weighted by Gasteiger charge is 2.10. The number of benzene rings is 3. The minimum absolute atomic E-state index is 0.860. The van der Waals surface area contributed by atoms with Gasteiger partial charge in [0.05, 0.1) is 22.8 Å². The van der Waals surface area contributed by atoms with Crippen molar-refractivity contribution in [2.75, 3.05) is 13.1 Å². The van der Waals surface area contributed by atoms with Crippen molar-refractivity contribution in [1.82, 2.24) is 10.6 Å². The van der Waals surface area contributed by atoms with Crippen molar-refractivity contribution in [2.45, 2.75) is 34.1 Å². The molecule has 0 aliphatic carbocycles. The Labute approximate surface area is 209 Å². The van der Waals surface area contributed by atoms with Gasteiger partial charge in [0.1, 0.15) is 0 Å². The number of rotatable bonds is 2. The summed E-state index contributed by atoms with van der Waals surface area (Å²) in [5, 5.41) is 7.08. The summed E-state index contributed by atoms with van der Waals surface area (Å²) < 4.78 is 0. The second-order valence-corrected chi connectivity index (χ2v) is 9.01. The predicted molar refractivity (Wildman–Crippen MR) is 149 cm³/mol. The molecule has 2 N–H and O–H groups in total. The molecule has 0 bridgehead atoms. The van der Waals surface area contributed by atoms with Gasteiger partial charge < -0.3 is 10.6 Å². The summed E-state index contributed by atoms with van der Waals surface area (Å²) in [4.78, 5) is 10.4. The van der Waals surface area contributed by atoms with Gasteiger partial charge >= 0.3 is 0 Å². The molecule has 0 spiro atoms. The van der Waals surface area contributed by atoms with Crippen molar-refractivity contribution in [2.24, 2.45) is 9.98 Å². The van der Waals surface area contributed by atoms with E-state index in [0.29, 0.717) is 0 Å². The van der Waals surface area contributed by atoms with Crippen LogP contribution in [0.2, 0.25) is 0 Å². The van der Waals surface area contributed by atoms with E-state index in [1.807, 2.05) is 12.1 Å². The molecule has 178 valence electrons. The normalized spacial score (nSPS) is 15.1. The van der Waals surface area contributed by atoms with Gasteiger partial charge in [-0.25, -0.2) is 9.98 Å². The molecule has 4 nitrogen and oxygen atoms in total. The lowest BCUT2D eigenvalue weighted by Crippen LogP contribution is -2.21. The summed E-state index contributed by atoms with van der Waals surface area (Å²) >= 11 is 0. The Balaban J connectivity index is 1.96. The molecule has 0 amide bonds. The molecular weight excluding hydrogens is 428 g/mol. The van der Waals surface area contributed by atoms with E-state index in [0.717, 1.165) is 64.8 Å².